The number of carboxylic acids is 1. The summed E-state index contributed by atoms with van der Waals surface area (Å²) in [6.45, 7) is 2.49. The number of halogens is 2. The van der Waals surface area contributed by atoms with Gasteiger partial charge in [0.25, 0.3) is 0 Å². The van der Waals surface area contributed by atoms with Gasteiger partial charge in [0.05, 0.1) is 0 Å². The fourth-order valence-corrected chi connectivity index (χ4v) is 2.95. The van der Waals surface area contributed by atoms with Crippen LogP contribution in [-0.4, -0.2) is 29.1 Å². The molecule has 0 aromatic heterocycles. The monoisotopic (exact) mass is 299 g/mol. The lowest BCUT2D eigenvalue weighted by atomic mass is 9.97. The molecule has 1 aromatic carbocycles. The Morgan fingerprint density at radius 3 is 2.90 bits per heavy atom. The molecule has 0 aliphatic carbocycles. The van der Waals surface area contributed by atoms with Crippen LogP contribution in [0.5, 0.6) is 0 Å². The molecule has 0 spiro atoms. The zero-order valence-electron chi connectivity index (χ0n) is 11.3. The smallest absolute Gasteiger partial charge is 0.303 e. The van der Waals surface area contributed by atoms with Crippen LogP contribution in [0.1, 0.15) is 31.2 Å². The third-order valence-corrected chi connectivity index (χ3v) is 4.16. The van der Waals surface area contributed by atoms with Crippen LogP contribution < -0.4 is 0 Å². The van der Waals surface area contributed by atoms with Crippen LogP contribution in [0.2, 0.25) is 5.02 Å². The van der Waals surface area contributed by atoms with E-state index in [0.717, 1.165) is 37.9 Å². The minimum atomic E-state index is -0.718. The molecule has 1 N–H and O–H groups in total. The van der Waals surface area contributed by atoms with Crippen molar-refractivity contribution in [3.8, 4) is 0 Å². The van der Waals surface area contributed by atoms with Gasteiger partial charge in [-0.3, -0.25) is 9.69 Å². The molecule has 0 bridgehead atoms. The van der Waals surface area contributed by atoms with E-state index >= 15 is 0 Å². The van der Waals surface area contributed by atoms with E-state index in [4.69, 9.17) is 16.7 Å². The van der Waals surface area contributed by atoms with E-state index < -0.39 is 5.97 Å². The number of hydrogen-bond donors (Lipinski definition) is 1. The Balaban J connectivity index is 1.92. The Bertz CT molecular complexity index is 481. The number of aliphatic carboxylic acids is 1. The highest BCUT2D eigenvalue weighted by Crippen LogP contribution is 2.24. The number of carboxylic acid groups (broad SMARTS) is 1. The number of carbonyl (C=O) groups is 1. The van der Waals surface area contributed by atoms with E-state index in [9.17, 15) is 9.18 Å². The average molecular weight is 300 g/mol. The number of nitrogens with zero attached hydrogens (tertiary/aromatic N) is 1. The Kier molecular flexibility index (Phi) is 5.38. The molecule has 5 heteroatoms. The second kappa shape index (κ2) is 7.04. The van der Waals surface area contributed by atoms with Gasteiger partial charge in [0, 0.05) is 18.0 Å². The topological polar surface area (TPSA) is 40.5 Å². The highest BCUT2D eigenvalue weighted by atomic mass is 35.5. The third kappa shape index (κ3) is 4.46. The largest absolute Gasteiger partial charge is 0.481 e. The van der Waals surface area contributed by atoms with E-state index in [1.807, 2.05) is 0 Å². The maximum Gasteiger partial charge on any atom is 0.303 e. The van der Waals surface area contributed by atoms with Gasteiger partial charge in [0.1, 0.15) is 5.82 Å². The summed E-state index contributed by atoms with van der Waals surface area (Å²) in [6, 6.07) is 4.48. The lowest BCUT2D eigenvalue weighted by Crippen LogP contribution is -2.24. The van der Waals surface area contributed by atoms with Crippen molar-refractivity contribution in [3.63, 3.8) is 0 Å². The van der Waals surface area contributed by atoms with Gasteiger partial charge in [-0.25, -0.2) is 4.39 Å². The van der Waals surface area contributed by atoms with Crippen molar-refractivity contribution >= 4 is 17.6 Å². The fraction of sp³-hybridized carbons (Fsp3) is 0.533. The van der Waals surface area contributed by atoms with Gasteiger partial charge >= 0.3 is 5.97 Å². The van der Waals surface area contributed by atoms with Gasteiger partial charge in [0.2, 0.25) is 0 Å². The molecule has 0 saturated carbocycles. The number of rotatable bonds is 4. The first-order valence-electron chi connectivity index (χ1n) is 6.92. The van der Waals surface area contributed by atoms with Crippen molar-refractivity contribution in [2.75, 3.05) is 13.1 Å². The van der Waals surface area contributed by atoms with Crippen LogP contribution in [0, 0.1) is 11.7 Å². The van der Waals surface area contributed by atoms with Crippen LogP contribution in [0.15, 0.2) is 18.2 Å². The molecule has 1 aliphatic rings. The first kappa shape index (κ1) is 15.3. The summed E-state index contributed by atoms with van der Waals surface area (Å²) in [5.74, 6) is -0.776. The molecule has 1 saturated heterocycles. The molecule has 1 atom stereocenters. The van der Waals surface area contributed by atoms with Crippen LogP contribution >= 0.6 is 11.6 Å². The molecule has 110 valence electrons. The van der Waals surface area contributed by atoms with E-state index in [0.29, 0.717) is 11.6 Å². The number of hydrogen-bond acceptors (Lipinski definition) is 2. The number of likely N-dealkylation sites (tertiary alicyclic amines) is 1. The van der Waals surface area contributed by atoms with Crippen molar-refractivity contribution in [1.29, 1.82) is 0 Å². The number of benzene rings is 1. The first-order chi connectivity index (χ1) is 9.54. The summed E-state index contributed by atoms with van der Waals surface area (Å²) in [7, 11) is 0. The molecule has 1 aromatic rings. The summed E-state index contributed by atoms with van der Waals surface area (Å²) in [5.41, 5.74) is 0.921. The van der Waals surface area contributed by atoms with Crippen LogP contribution in [0.25, 0.3) is 0 Å². The van der Waals surface area contributed by atoms with Gasteiger partial charge in [0.15, 0.2) is 0 Å². The normalized spacial score (nSPS) is 20.6. The molecule has 0 amide bonds. The van der Waals surface area contributed by atoms with E-state index in [-0.39, 0.29) is 18.2 Å². The molecule has 20 heavy (non-hydrogen) atoms. The summed E-state index contributed by atoms with van der Waals surface area (Å²) < 4.78 is 13.0. The Morgan fingerprint density at radius 1 is 1.40 bits per heavy atom. The zero-order chi connectivity index (χ0) is 14.5. The van der Waals surface area contributed by atoms with Gasteiger partial charge < -0.3 is 5.11 Å². The summed E-state index contributed by atoms with van der Waals surface area (Å²) >= 11 is 6.04. The summed E-state index contributed by atoms with van der Waals surface area (Å²) in [5, 5.41) is 9.31. The van der Waals surface area contributed by atoms with Crippen molar-refractivity contribution in [1.82, 2.24) is 4.90 Å². The SMILES string of the molecule is O=C(O)CC1CCCN(Cc2ccc(F)cc2Cl)CC1. The average Bonchev–Trinajstić information content (AvgIpc) is 2.58. The standard InChI is InChI=1S/C15H19ClFNO2/c16-14-9-13(17)4-3-12(14)10-18-6-1-2-11(5-7-18)8-15(19)20/h3-4,9,11H,1-2,5-8,10H2,(H,19,20). The van der Waals surface area contributed by atoms with Crippen LogP contribution in [-0.2, 0) is 11.3 Å². The molecule has 1 aliphatic heterocycles. The highest BCUT2D eigenvalue weighted by molar-refractivity contribution is 6.31. The van der Waals surface area contributed by atoms with Crippen molar-refractivity contribution in [2.24, 2.45) is 5.92 Å². The predicted octanol–water partition coefficient (Wildman–Crippen LogP) is 3.56. The summed E-state index contributed by atoms with van der Waals surface area (Å²) in [6.07, 6.45) is 3.10. The molecule has 1 heterocycles. The first-order valence-corrected chi connectivity index (χ1v) is 7.30. The Hall–Kier alpha value is -1.13. The molecule has 2 rings (SSSR count). The quantitative estimate of drug-likeness (QED) is 0.924. The molecule has 3 nitrogen and oxygen atoms in total. The van der Waals surface area contributed by atoms with Crippen LogP contribution in [0.4, 0.5) is 4.39 Å². The van der Waals surface area contributed by atoms with Gasteiger partial charge in [-0.1, -0.05) is 17.7 Å². The zero-order valence-corrected chi connectivity index (χ0v) is 12.1. The second-order valence-electron chi connectivity index (χ2n) is 5.41. The van der Waals surface area contributed by atoms with E-state index in [1.54, 1.807) is 6.07 Å². The molecule has 1 fully saturated rings. The maximum atomic E-state index is 13.0. The fourth-order valence-electron chi connectivity index (χ4n) is 2.72. The van der Waals surface area contributed by atoms with Crippen LogP contribution in [0.3, 0.4) is 0 Å². The van der Waals surface area contributed by atoms with Gasteiger partial charge in [-0.2, -0.15) is 0 Å². The Morgan fingerprint density at radius 2 is 2.20 bits per heavy atom. The van der Waals surface area contributed by atoms with Gasteiger partial charge in [-0.15, -0.1) is 0 Å². The molecular formula is C15H19ClFNO2. The third-order valence-electron chi connectivity index (χ3n) is 3.81. The molecular weight excluding hydrogens is 281 g/mol. The highest BCUT2D eigenvalue weighted by Gasteiger charge is 2.19. The van der Waals surface area contributed by atoms with Gasteiger partial charge in [-0.05, 0) is 56.0 Å². The molecule has 0 radical (unpaired) electrons. The lowest BCUT2D eigenvalue weighted by Gasteiger charge is -2.20. The predicted molar refractivity (Wildman–Crippen MR) is 76.3 cm³/mol. The van der Waals surface area contributed by atoms with E-state index in [1.165, 1.54) is 12.1 Å². The van der Waals surface area contributed by atoms with Crippen molar-refractivity contribution in [2.45, 2.75) is 32.2 Å². The second-order valence-corrected chi connectivity index (χ2v) is 5.81. The Labute approximate surface area is 123 Å². The van der Waals surface area contributed by atoms with Crippen molar-refractivity contribution < 1.29 is 14.3 Å². The molecule has 1 unspecified atom stereocenters. The minimum Gasteiger partial charge on any atom is -0.481 e. The van der Waals surface area contributed by atoms with E-state index in [2.05, 4.69) is 4.90 Å². The lowest BCUT2D eigenvalue weighted by molar-refractivity contribution is -0.138. The summed E-state index contributed by atoms with van der Waals surface area (Å²) in [4.78, 5) is 13.0. The van der Waals surface area contributed by atoms with Crippen molar-refractivity contribution in [3.05, 3.63) is 34.6 Å². The minimum absolute atomic E-state index is 0.255. The maximum absolute atomic E-state index is 13.0.